The predicted molar refractivity (Wildman–Crippen MR) is 116 cm³/mol. The summed E-state index contributed by atoms with van der Waals surface area (Å²) in [6, 6.07) is 0. The van der Waals surface area contributed by atoms with E-state index in [1.54, 1.807) is 6.42 Å². The maximum atomic E-state index is 4.19. The monoisotopic (exact) mass is 387 g/mol. The molecule has 3 aliphatic carbocycles. The molecule has 2 saturated heterocycles. The molecule has 0 spiro atoms. The summed E-state index contributed by atoms with van der Waals surface area (Å²) in [5, 5.41) is 9.55. The van der Waals surface area contributed by atoms with Crippen molar-refractivity contribution in [1.82, 2.24) is 15.3 Å². The Morgan fingerprint density at radius 2 is 1.82 bits per heavy atom. The quantitative estimate of drug-likeness (QED) is 0.687. The summed E-state index contributed by atoms with van der Waals surface area (Å²) < 4.78 is 0. The van der Waals surface area contributed by atoms with E-state index in [1.165, 1.54) is 64.3 Å². The van der Waals surface area contributed by atoms with E-state index in [1.807, 2.05) is 0 Å². The predicted octanol–water partition coefficient (Wildman–Crippen LogP) is 5.34. The second kappa shape index (κ2) is 7.54. The molecule has 0 bridgehead atoms. The fraction of sp³-hybridized carbons (Fsp3) is 1.00. The molecule has 3 nitrogen and oxygen atoms in total. The molecular weight excluding hydrogens is 342 g/mol. The highest BCUT2D eigenvalue weighted by Gasteiger charge is 2.64. The molecule has 5 aliphatic rings. The molecule has 2 aliphatic heterocycles. The van der Waals surface area contributed by atoms with Crippen LogP contribution in [-0.4, -0.2) is 35.9 Å². The zero-order chi connectivity index (χ0) is 19.5. The Balaban J connectivity index is 1.46. The number of nitrogens with one attached hydrogen (secondary N) is 1. The van der Waals surface area contributed by atoms with Crippen LogP contribution in [0.15, 0.2) is 0 Å². The second-order valence-electron chi connectivity index (χ2n) is 11.4. The van der Waals surface area contributed by atoms with Crippen LogP contribution >= 0.6 is 0 Å². The largest absolute Gasteiger partial charge is 0.284 e. The van der Waals surface area contributed by atoms with E-state index in [4.69, 9.17) is 0 Å². The smallest absolute Gasteiger partial charge is 0.0918 e. The molecule has 0 aromatic heterocycles. The van der Waals surface area contributed by atoms with Crippen LogP contribution in [0.1, 0.15) is 85.0 Å². The molecule has 5 fully saturated rings. The standard InChI is InChI=1S/C25H45N3/c1-5-9-21-22-12-13-28-25(26-16-27(28)4,24(22)15-20-14-23(20)21)18(3)17(2)19-10-7-6-8-11-19/h17-24,26H,5-16H2,1-4H3/t17-,18+,20+,21?,22?,23?,24?,25?/m1/s1. The normalized spacial score (nSPS) is 46.5. The molecule has 3 heteroatoms. The van der Waals surface area contributed by atoms with Crippen LogP contribution in [0.2, 0.25) is 0 Å². The van der Waals surface area contributed by atoms with Gasteiger partial charge in [-0.25, -0.2) is 10.0 Å². The number of hydrogen-bond acceptors (Lipinski definition) is 3. The summed E-state index contributed by atoms with van der Waals surface area (Å²) in [5.41, 5.74) is 0.230. The lowest BCUT2D eigenvalue weighted by Gasteiger charge is -2.59. The molecule has 28 heavy (non-hydrogen) atoms. The van der Waals surface area contributed by atoms with Gasteiger partial charge in [0.2, 0.25) is 0 Å². The van der Waals surface area contributed by atoms with Gasteiger partial charge >= 0.3 is 0 Å². The van der Waals surface area contributed by atoms with Gasteiger partial charge in [0.1, 0.15) is 0 Å². The third-order valence-electron chi connectivity index (χ3n) is 10.3. The Morgan fingerprint density at radius 1 is 1.04 bits per heavy atom. The highest BCUT2D eigenvalue weighted by atomic mass is 15.7. The average molecular weight is 388 g/mol. The fourth-order valence-corrected chi connectivity index (χ4v) is 8.72. The molecule has 5 unspecified atom stereocenters. The Bertz CT molecular complexity index is 558. The summed E-state index contributed by atoms with van der Waals surface area (Å²) >= 11 is 0. The van der Waals surface area contributed by atoms with Crippen molar-refractivity contribution in [3.05, 3.63) is 0 Å². The number of nitrogens with zero attached hydrogens (tertiary/aromatic N) is 2. The van der Waals surface area contributed by atoms with Gasteiger partial charge in [-0.05, 0) is 66.6 Å². The van der Waals surface area contributed by atoms with E-state index in [0.717, 1.165) is 54.0 Å². The van der Waals surface area contributed by atoms with E-state index in [-0.39, 0.29) is 5.66 Å². The molecule has 3 saturated carbocycles. The van der Waals surface area contributed by atoms with Crippen LogP contribution in [0.5, 0.6) is 0 Å². The van der Waals surface area contributed by atoms with Crippen LogP contribution in [0, 0.1) is 47.3 Å². The Kier molecular flexibility index (Phi) is 5.33. The first-order valence-corrected chi connectivity index (χ1v) is 12.8. The molecule has 0 aromatic carbocycles. The van der Waals surface area contributed by atoms with Crippen molar-refractivity contribution in [1.29, 1.82) is 0 Å². The van der Waals surface area contributed by atoms with Crippen molar-refractivity contribution in [2.75, 3.05) is 20.3 Å². The molecule has 5 rings (SSSR count). The summed E-state index contributed by atoms with van der Waals surface area (Å²) in [4.78, 5) is 0. The van der Waals surface area contributed by atoms with Crippen molar-refractivity contribution in [2.45, 2.75) is 90.6 Å². The van der Waals surface area contributed by atoms with Crippen LogP contribution in [0.3, 0.4) is 0 Å². The Labute approximate surface area is 174 Å². The lowest BCUT2D eigenvalue weighted by Crippen LogP contribution is -2.69. The molecule has 0 amide bonds. The number of hydrogen-bond donors (Lipinski definition) is 1. The van der Waals surface area contributed by atoms with Gasteiger partial charge in [0, 0.05) is 13.6 Å². The molecule has 8 atom stereocenters. The lowest BCUT2D eigenvalue weighted by molar-refractivity contribution is -0.169. The van der Waals surface area contributed by atoms with Crippen LogP contribution < -0.4 is 5.32 Å². The molecular formula is C25H45N3. The zero-order valence-electron chi connectivity index (χ0n) is 19.0. The SMILES string of the molecule is CCCC1C2CCN3N(C)CNC3([C@@H](C)[C@@H](C)C3CCCCC3)C2C[C@@H]2CC12. The van der Waals surface area contributed by atoms with Crippen molar-refractivity contribution in [3.63, 3.8) is 0 Å². The summed E-state index contributed by atoms with van der Waals surface area (Å²) in [6.45, 7) is 10.0. The molecule has 0 radical (unpaired) electrons. The highest BCUT2D eigenvalue weighted by Crippen LogP contribution is 2.64. The van der Waals surface area contributed by atoms with Crippen molar-refractivity contribution < 1.29 is 0 Å². The van der Waals surface area contributed by atoms with Crippen molar-refractivity contribution in [3.8, 4) is 0 Å². The minimum Gasteiger partial charge on any atom is -0.284 e. The Hall–Kier alpha value is -0.120. The summed E-state index contributed by atoms with van der Waals surface area (Å²) in [6.07, 6.45) is 14.8. The van der Waals surface area contributed by atoms with E-state index in [0.29, 0.717) is 0 Å². The molecule has 2 heterocycles. The van der Waals surface area contributed by atoms with Gasteiger partial charge in [-0.15, -0.1) is 0 Å². The zero-order valence-corrected chi connectivity index (χ0v) is 19.0. The van der Waals surface area contributed by atoms with Crippen LogP contribution in [0.25, 0.3) is 0 Å². The number of rotatable bonds is 5. The maximum Gasteiger partial charge on any atom is 0.0918 e. The van der Waals surface area contributed by atoms with E-state index < -0.39 is 0 Å². The van der Waals surface area contributed by atoms with Gasteiger partial charge in [-0.1, -0.05) is 65.7 Å². The third kappa shape index (κ3) is 2.94. The van der Waals surface area contributed by atoms with Gasteiger partial charge in [0.15, 0.2) is 0 Å². The fourth-order valence-electron chi connectivity index (χ4n) is 8.72. The highest BCUT2D eigenvalue weighted by molar-refractivity contribution is 5.13. The summed E-state index contributed by atoms with van der Waals surface area (Å²) in [7, 11) is 2.33. The molecule has 1 N–H and O–H groups in total. The Morgan fingerprint density at radius 3 is 2.57 bits per heavy atom. The van der Waals surface area contributed by atoms with Gasteiger partial charge in [-0.2, -0.15) is 0 Å². The lowest BCUT2D eigenvalue weighted by atomic mass is 9.57. The topological polar surface area (TPSA) is 18.5 Å². The minimum atomic E-state index is 0.230. The number of hydrazine groups is 1. The minimum absolute atomic E-state index is 0.230. The summed E-state index contributed by atoms with van der Waals surface area (Å²) in [5.74, 6) is 7.55. The first kappa shape index (κ1) is 19.8. The van der Waals surface area contributed by atoms with Gasteiger partial charge in [0.05, 0.1) is 12.3 Å². The maximum absolute atomic E-state index is 4.19. The van der Waals surface area contributed by atoms with E-state index in [9.17, 15) is 0 Å². The number of fused-ring (bicyclic) bond motifs is 4. The van der Waals surface area contributed by atoms with Crippen LogP contribution in [0.4, 0.5) is 0 Å². The molecule has 160 valence electrons. The average Bonchev–Trinajstić information content (AvgIpc) is 3.43. The van der Waals surface area contributed by atoms with E-state index >= 15 is 0 Å². The van der Waals surface area contributed by atoms with Gasteiger partial charge < -0.3 is 0 Å². The first-order valence-electron chi connectivity index (χ1n) is 12.8. The third-order valence-corrected chi connectivity index (χ3v) is 10.3. The van der Waals surface area contributed by atoms with Crippen molar-refractivity contribution >= 4 is 0 Å². The van der Waals surface area contributed by atoms with Crippen molar-refractivity contribution in [2.24, 2.45) is 47.3 Å². The molecule has 0 aromatic rings. The van der Waals surface area contributed by atoms with Crippen LogP contribution in [-0.2, 0) is 0 Å². The number of piperidine rings is 1. The van der Waals surface area contributed by atoms with Gasteiger partial charge in [-0.3, -0.25) is 5.32 Å². The van der Waals surface area contributed by atoms with E-state index in [2.05, 4.69) is 43.2 Å². The second-order valence-corrected chi connectivity index (χ2v) is 11.4. The first-order chi connectivity index (χ1) is 13.6. The van der Waals surface area contributed by atoms with Gasteiger partial charge in [0.25, 0.3) is 0 Å².